The molecule has 1 aromatic rings. The van der Waals surface area contributed by atoms with Crippen LogP contribution in [0, 0.1) is 10.1 Å². The van der Waals surface area contributed by atoms with Crippen LogP contribution in [0.2, 0.25) is 0 Å². The second-order valence-electron chi connectivity index (χ2n) is 4.45. The van der Waals surface area contributed by atoms with Gasteiger partial charge in [0.15, 0.2) is 0 Å². The van der Waals surface area contributed by atoms with Crippen LogP contribution in [0.25, 0.3) is 0 Å². The molecule has 0 aromatic heterocycles. The summed E-state index contributed by atoms with van der Waals surface area (Å²) in [6.45, 7) is 0. The van der Waals surface area contributed by atoms with E-state index < -0.39 is 46.1 Å². The van der Waals surface area contributed by atoms with Crippen LogP contribution in [-0.2, 0) is 4.79 Å². The molecule has 0 aliphatic carbocycles. The van der Waals surface area contributed by atoms with Gasteiger partial charge >= 0.3 is 29.9 Å². The molecule has 140 valence electrons. The second-order valence-corrected chi connectivity index (χ2v) is 4.45. The Morgan fingerprint density at radius 1 is 0.920 bits per heavy atom. The Hall–Kier alpha value is -2.54. The van der Waals surface area contributed by atoms with Crippen molar-refractivity contribution < 1.29 is 49.2 Å². The lowest BCUT2D eigenvalue weighted by Gasteiger charge is -2.32. The molecule has 0 spiro atoms. The van der Waals surface area contributed by atoms with E-state index in [1.807, 2.05) is 0 Å². The molecule has 0 saturated carbocycles. The van der Waals surface area contributed by atoms with Gasteiger partial charge in [0.2, 0.25) is 0 Å². The summed E-state index contributed by atoms with van der Waals surface area (Å²) in [5.41, 5.74) is -2.19. The maximum atomic E-state index is 13.3. The highest BCUT2D eigenvalue weighted by Crippen LogP contribution is 2.53. The van der Waals surface area contributed by atoms with E-state index in [1.54, 1.807) is 0 Å². The zero-order valence-corrected chi connectivity index (χ0v) is 11.4. The molecule has 0 bridgehead atoms. The van der Waals surface area contributed by atoms with Crippen molar-refractivity contribution in [1.82, 2.24) is 0 Å². The zero-order chi connectivity index (χ0) is 19.8. The monoisotopic (exact) mass is 384 g/mol. The SMILES string of the molecule is O=C(Nc1ccccc1[N+](=O)[O-])C(F)(F)C(F)(F)C(F)(F)C(F)(F)F. The molecule has 5 nitrogen and oxygen atoms in total. The van der Waals surface area contributed by atoms with Gasteiger partial charge in [0, 0.05) is 6.07 Å². The number of nitro groups is 1. The van der Waals surface area contributed by atoms with Crippen LogP contribution in [0.5, 0.6) is 0 Å². The summed E-state index contributed by atoms with van der Waals surface area (Å²) < 4.78 is 114. The third-order valence-corrected chi connectivity index (χ3v) is 2.78. The van der Waals surface area contributed by atoms with Crippen molar-refractivity contribution in [3.63, 3.8) is 0 Å². The molecule has 0 fully saturated rings. The molecule has 14 heteroatoms. The van der Waals surface area contributed by atoms with Gasteiger partial charge < -0.3 is 5.32 Å². The summed E-state index contributed by atoms with van der Waals surface area (Å²) in [4.78, 5) is 20.5. The Morgan fingerprint density at radius 3 is 1.84 bits per heavy atom. The lowest BCUT2D eigenvalue weighted by Crippen LogP contribution is -2.64. The molecule has 25 heavy (non-hydrogen) atoms. The number of nitrogens with zero attached hydrogens (tertiary/aromatic N) is 1. The highest BCUT2D eigenvalue weighted by atomic mass is 19.4. The number of para-hydroxylation sites is 2. The highest BCUT2D eigenvalue weighted by molar-refractivity contribution is 5.98. The van der Waals surface area contributed by atoms with Crippen molar-refractivity contribution in [2.75, 3.05) is 5.32 Å². The molecule has 0 aliphatic rings. The number of nitro benzene ring substituents is 1. The van der Waals surface area contributed by atoms with E-state index in [-0.39, 0.29) is 0 Å². The van der Waals surface area contributed by atoms with Crippen LogP contribution in [0.15, 0.2) is 24.3 Å². The maximum absolute atomic E-state index is 13.3. The minimum Gasteiger partial charge on any atom is -0.315 e. The summed E-state index contributed by atoms with van der Waals surface area (Å²) in [7, 11) is 0. The van der Waals surface area contributed by atoms with E-state index >= 15 is 0 Å². The van der Waals surface area contributed by atoms with Crippen molar-refractivity contribution >= 4 is 17.3 Å². The molecular weight excluding hydrogens is 379 g/mol. The highest BCUT2D eigenvalue weighted by Gasteiger charge is 2.83. The number of nitrogens with one attached hydrogen (secondary N) is 1. The minimum absolute atomic E-state index is 0.576. The van der Waals surface area contributed by atoms with E-state index in [4.69, 9.17) is 0 Å². The van der Waals surface area contributed by atoms with E-state index in [0.717, 1.165) is 17.4 Å². The normalized spacial score (nSPS) is 13.5. The first-order valence-corrected chi connectivity index (χ1v) is 5.82. The van der Waals surface area contributed by atoms with Crippen molar-refractivity contribution in [2.45, 2.75) is 23.9 Å². The number of hydrogen-bond donors (Lipinski definition) is 1. The van der Waals surface area contributed by atoms with Gasteiger partial charge in [0.1, 0.15) is 5.69 Å². The van der Waals surface area contributed by atoms with E-state index in [2.05, 4.69) is 0 Å². The molecule has 1 aromatic carbocycles. The van der Waals surface area contributed by atoms with Gasteiger partial charge in [0.05, 0.1) is 4.92 Å². The first kappa shape index (κ1) is 20.5. The predicted octanol–water partition coefficient (Wildman–Crippen LogP) is 4.00. The second kappa shape index (κ2) is 6.07. The fraction of sp³-hybridized carbons (Fsp3) is 0.364. The molecule has 1 amide bonds. The molecule has 0 unspecified atom stereocenters. The van der Waals surface area contributed by atoms with Crippen LogP contribution >= 0.6 is 0 Å². The number of benzene rings is 1. The fourth-order valence-electron chi connectivity index (χ4n) is 1.46. The standard InChI is InChI=1S/C11H5F9N2O3/c12-8(13,9(14,15)10(16,17)11(18,19)20)7(23)21-5-3-1-2-4-6(5)22(24)25/h1-4H,(H,21,23). The van der Waals surface area contributed by atoms with E-state index in [1.165, 1.54) is 0 Å². The Balaban J connectivity index is 3.26. The first-order chi connectivity index (χ1) is 11.1. The fourth-order valence-corrected chi connectivity index (χ4v) is 1.46. The Kier molecular flexibility index (Phi) is 4.98. The lowest BCUT2D eigenvalue weighted by atomic mass is 10.0. The van der Waals surface area contributed by atoms with Gasteiger partial charge in [-0.3, -0.25) is 14.9 Å². The largest absolute Gasteiger partial charge is 0.460 e. The number of carbonyl (C=O) groups is 1. The number of hydrogen-bond acceptors (Lipinski definition) is 3. The molecular formula is C11H5F9N2O3. The van der Waals surface area contributed by atoms with E-state index in [0.29, 0.717) is 12.1 Å². The van der Waals surface area contributed by atoms with Gasteiger partial charge in [-0.2, -0.15) is 39.5 Å². The quantitative estimate of drug-likeness (QED) is 0.474. The number of rotatable bonds is 5. The summed E-state index contributed by atoms with van der Waals surface area (Å²) in [5.74, 6) is -24.2. The number of halogens is 9. The molecule has 0 aliphatic heterocycles. The predicted molar refractivity (Wildman–Crippen MR) is 62.6 cm³/mol. The van der Waals surface area contributed by atoms with Crippen LogP contribution in [0.4, 0.5) is 50.9 Å². The smallest absolute Gasteiger partial charge is 0.315 e. The third kappa shape index (κ3) is 3.32. The van der Waals surface area contributed by atoms with Crippen molar-refractivity contribution in [3.05, 3.63) is 34.4 Å². The van der Waals surface area contributed by atoms with Crippen molar-refractivity contribution in [3.8, 4) is 0 Å². The van der Waals surface area contributed by atoms with Crippen LogP contribution in [-0.4, -0.2) is 34.8 Å². The van der Waals surface area contributed by atoms with Crippen molar-refractivity contribution in [2.24, 2.45) is 0 Å². The molecule has 1 N–H and O–H groups in total. The number of alkyl halides is 9. The third-order valence-electron chi connectivity index (χ3n) is 2.78. The summed E-state index contributed by atoms with van der Waals surface area (Å²) >= 11 is 0. The number of carbonyl (C=O) groups excluding carboxylic acids is 1. The zero-order valence-electron chi connectivity index (χ0n) is 11.4. The molecule has 0 heterocycles. The van der Waals surface area contributed by atoms with Gasteiger partial charge in [-0.1, -0.05) is 12.1 Å². The van der Waals surface area contributed by atoms with Crippen LogP contribution in [0.1, 0.15) is 0 Å². The number of amides is 1. The summed E-state index contributed by atoms with van der Waals surface area (Å²) in [6, 6.07) is 3.12. The molecule has 1 rings (SSSR count). The molecule has 0 atom stereocenters. The number of anilines is 1. The molecule has 0 radical (unpaired) electrons. The first-order valence-electron chi connectivity index (χ1n) is 5.82. The minimum atomic E-state index is -7.25. The summed E-state index contributed by atoms with van der Waals surface area (Å²) in [6.07, 6.45) is -7.08. The summed E-state index contributed by atoms with van der Waals surface area (Å²) in [5, 5.41) is 11.4. The van der Waals surface area contributed by atoms with E-state index in [9.17, 15) is 54.4 Å². The van der Waals surface area contributed by atoms with Gasteiger partial charge in [-0.05, 0) is 6.07 Å². The van der Waals surface area contributed by atoms with Crippen molar-refractivity contribution in [1.29, 1.82) is 0 Å². The Labute approximate surface area is 131 Å². The van der Waals surface area contributed by atoms with Gasteiger partial charge in [-0.25, -0.2) is 0 Å². The Bertz CT molecular complexity index is 688. The van der Waals surface area contributed by atoms with Gasteiger partial charge in [-0.15, -0.1) is 0 Å². The average molecular weight is 384 g/mol. The van der Waals surface area contributed by atoms with Crippen LogP contribution < -0.4 is 5.32 Å². The molecule has 0 saturated heterocycles. The van der Waals surface area contributed by atoms with Gasteiger partial charge in [0.25, 0.3) is 5.69 Å². The maximum Gasteiger partial charge on any atom is 0.460 e. The lowest BCUT2D eigenvalue weighted by molar-refractivity contribution is -0.388. The Morgan fingerprint density at radius 2 is 1.40 bits per heavy atom. The average Bonchev–Trinajstić information content (AvgIpc) is 2.45. The topological polar surface area (TPSA) is 72.2 Å². The van der Waals surface area contributed by atoms with Crippen LogP contribution in [0.3, 0.4) is 0 Å².